The average molecular weight is 288 g/mol. The predicted octanol–water partition coefficient (Wildman–Crippen LogP) is 4.64. The van der Waals surface area contributed by atoms with Gasteiger partial charge < -0.3 is 0 Å². The second-order valence-corrected chi connectivity index (χ2v) is 4.62. The van der Waals surface area contributed by atoms with Crippen LogP contribution in [0.3, 0.4) is 0 Å². The van der Waals surface area contributed by atoms with Crippen LogP contribution in [-0.2, 0) is 0 Å². The Labute approximate surface area is 103 Å². The molecular weight excluding hydrogens is 275 g/mol. The van der Waals surface area contributed by atoms with Crippen LogP contribution in [0.4, 0.5) is 0 Å². The zero-order chi connectivity index (χ0) is 11.4. The summed E-state index contributed by atoms with van der Waals surface area (Å²) in [6.45, 7) is 5.82. The Kier molecular flexibility index (Phi) is 4.55. The summed E-state index contributed by atoms with van der Waals surface area (Å²) in [7, 11) is 0. The van der Waals surface area contributed by atoms with Crippen LogP contribution in [0, 0.1) is 0 Å². The highest BCUT2D eigenvalue weighted by Crippen LogP contribution is 2.23. The molecule has 80 valence electrons. The van der Waals surface area contributed by atoms with Crippen LogP contribution in [0.5, 0.6) is 0 Å². The van der Waals surface area contributed by atoms with E-state index < -0.39 is 0 Å². The lowest BCUT2D eigenvalue weighted by Gasteiger charge is -2.05. The summed E-state index contributed by atoms with van der Waals surface area (Å²) >= 11 is 9.12. The molecule has 1 aromatic rings. The van der Waals surface area contributed by atoms with E-state index in [9.17, 15) is 4.79 Å². The smallest absolute Gasteiger partial charge is 0.168 e. The van der Waals surface area contributed by atoms with Crippen molar-refractivity contribution >= 4 is 33.3 Å². The minimum atomic E-state index is 0.0744. The molecule has 0 fully saturated rings. The maximum atomic E-state index is 11.8. The van der Waals surface area contributed by atoms with Gasteiger partial charge in [-0.2, -0.15) is 0 Å². The monoisotopic (exact) mass is 286 g/mol. The standard InChI is InChI=1S/C12H12BrClO/c1-3-8(2)6-12(15)10-5-4-9(14)7-11(10)13/h4-5,7H,2-3,6H2,1H3. The molecule has 0 aliphatic carbocycles. The normalized spacial score (nSPS) is 10.1. The first-order valence-electron chi connectivity index (χ1n) is 4.69. The van der Waals surface area contributed by atoms with E-state index in [0.29, 0.717) is 17.0 Å². The largest absolute Gasteiger partial charge is 0.294 e. The number of hydrogen-bond donors (Lipinski definition) is 0. The van der Waals surface area contributed by atoms with Gasteiger partial charge in [-0.3, -0.25) is 4.79 Å². The van der Waals surface area contributed by atoms with E-state index >= 15 is 0 Å². The van der Waals surface area contributed by atoms with E-state index in [1.165, 1.54) is 0 Å². The fraction of sp³-hybridized carbons (Fsp3) is 0.250. The number of carbonyl (C=O) groups is 1. The fourth-order valence-electron chi connectivity index (χ4n) is 1.16. The van der Waals surface area contributed by atoms with Crippen LogP contribution in [-0.4, -0.2) is 5.78 Å². The van der Waals surface area contributed by atoms with Gasteiger partial charge in [-0.05, 0) is 40.5 Å². The van der Waals surface area contributed by atoms with E-state index in [-0.39, 0.29) is 5.78 Å². The lowest BCUT2D eigenvalue weighted by Crippen LogP contribution is -2.01. The van der Waals surface area contributed by atoms with Gasteiger partial charge in [-0.15, -0.1) is 0 Å². The zero-order valence-electron chi connectivity index (χ0n) is 8.52. The van der Waals surface area contributed by atoms with Crippen LogP contribution in [0.1, 0.15) is 30.1 Å². The Balaban J connectivity index is 2.87. The van der Waals surface area contributed by atoms with E-state index in [1.807, 2.05) is 6.92 Å². The third kappa shape index (κ3) is 3.47. The van der Waals surface area contributed by atoms with Crippen molar-refractivity contribution in [3.8, 4) is 0 Å². The van der Waals surface area contributed by atoms with E-state index in [1.54, 1.807) is 18.2 Å². The van der Waals surface area contributed by atoms with Crippen molar-refractivity contribution in [1.29, 1.82) is 0 Å². The molecule has 0 aliphatic rings. The average Bonchev–Trinajstić information content (AvgIpc) is 2.17. The third-order valence-electron chi connectivity index (χ3n) is 2.14. The quantitative estimate of drug-likeness (QED) is 0.582. The molecule has 1 aromatic carbocycles. The molecule has 0 spiro atoms. The van der Waals surface area contributed by atoms with Crippen molar-refractivity contribution in [2.75, 3.05) is 0 Å². The second kappa shape index (κ2) is 5.47. The van der Waals surface area contributed by atoms with Gasteiger partial charge in [-0.25, -0.2) is 0 Å². The number of benzene rings is 1. The first kappa shape index (κ1) is 12.5. The molecule has 0 N–H and O–H groups in total. The predicted molar refractivity (Wildman–Crippen MR) is 67.5 cm³/mol. The molecule has 0 saturated carbocycles. The molecule has 0 aliphatic heterocycles. The minimum absolute atomic E-state index is 0.0744. The highest BCUT2D eigenvalue weighted by molar-refractivity contribution is 9.10. The van der Waals surface area contributed by atoms with E-state index in [0.717, 1.165) is 16.5 Å². The highest BCUT2D eigenvalue weighted by Gasteiger charge is 2.10. The van der Waals surface area contributed by atoms with Crippen LogP contribution in [0.2, 0.25) is 5.02 Å². The molecule has 0 aromatic heterocycles. The fourth-order valence-corrected chi connectivity index (χ4v) is 2.07. The van der Waals surface area contributed by atoms with Crippen molar-refractivity contribution < 1.29 is 4.79 Å². The molecule has 3 heteroatoms. The van der Waals surface area contributed by atoms with E-state index in [4.69, 9.17) is 11.6 Å². The Morgan fingerprint density at radius 1 is 1.53 bits per heavy atom. The van der Waals surface area contributed by atoms with Gasteiger partial charge >= 0.3 is 0 Å². The Morgan fingerprint density at radius 3 is 2.73 bits per heavy atom. The molecule has 0 bridgehead atoms. The molecule has 0 unspecified atom stereocenters. The first-order valence-corrected chi connectivity index (χ1v) is 5.86. The van der Waals surface area contributed by atoms with Crippen LogP contribution in [0.25, 0.3) is 0 Å². The number of carbonyl (C=O) groups excluding carboxylic acids is 1. The van der Waals surface area contributed by atoms with Crippen molar-refractivity contribution in [3.63, 3.8) is 0 Å². The molecule has 0 saturated heterocycles. The summed E-state index contributed by atoms with van der Waals surface area (Å²) in [5.41, 5.74) is 1.61. The Hall–Kier alpha value is -0.600. The maximum absolute atomic E-state index is 11.8. The van der Waals surface area contributed by atoms with Gasteiger partial charge in [0.15, 0.2) is 5.78 Å². The summed E-state index contributed by atoms with van der Waals surface area (Å²) in [4.78, 5) is 11.8. The zero-order valence-corrected chi connectivity index (χ0v) is 10.9. The summed E-state index contributed by atoms with van der Waals surface area (Å²) < 4.78 is 0.740. The number of rotatable bonds is 4. The molecule has 0 atom stereocenters. The van der Waals surface area contributed by atoms with E-state index in [2.05, 4.69) is 22.5 Å². The molecule has 0 radical (unpaired) electrons. The molecule has 1 rings (SSSR count). The topological polar surface area (TPSA) is 17.1 Å². The van der Waals surface area contributed by atoms with Crippen LogP contribution in [0.15, 0.2) is 34.8 Å². The number of Topliss-reactive ketones (excluding diaryl/α,β-unsaturated/α-hetero) is 1. The highest BCUT2D eigenvalue weighted by atomic mass is 79.9. The van der Waals surface area contributed by atoms with Gasteiger partial charge in [-0.1, -0.05) is 30.7 Å². The van der Waals surface area contributed by atoms with Crippen molar-refractivity contribution in [1.82, 2.24) is 0 Å². The molecule has 1 nitrogen and oxygen atoms in total. The molecule has 0 amide bonds. The summed E-state index contributed by atoms with van der Waals surface area (Å²) in [5, 5.41) is 0.618. The SMILES string of the molecule is C=C(CC)CC(=O)c1ccc(Cl)cc1Br. The summed E-state index contributed by atoms with van der Waals surface area (Å²) in [6.07, 6.45) is 1.23. The van der Waals surface area contributed by atoms with Gasteiger partial charge in [0.05, 0.1) is 0 Å². The van der Waals surface area contributed by atoms with Crippen LogP contribution >= 0.6 is 27.5 Å². The summed E-state index contributed by atoms with van der Waals surface area (Å²) in [5.74, 6) is 0.0744. The Morgan fingerprint density at radius 2 is 2.20 bits per heavy atom. The van der Waals surface area contributed by atoms with Crippen LogP contribution < -0.4 is 0 Å². The van der Waals surface area contributed by atoms with Crippen molar-refractivity contribution in [3.05, 3.63) is 45.4 Å². The number of halogens is 2. The maximum Gasteiger partial charge on any atom is 0.168 e. The Bertz CT molecular complexity index is 399. The van der Waals surface area contributed by atoms with Gasteiger partial charge in [0.2, 0.25) is 0 Å². The molecule has 0 heterocycles. The van der Waals surface area contributed by atoms with Gasteiger partial charge in [0.1, 0.15) is 0 Å². The third-order valence-corrected chi connectivity index (χ3v) is 3.03. The van der Waals surface area contributed by atoms with Crippen molar-refractivity contribution in [2.24, 2.45) is 0 Å². The first-order chi connectivity index (χ1) is 7.04. The van der Waals surface area contributed by atoms with Gasteiger partial charge in [0.25, 0.3) is 0 Å². The number of allylic oxidation sites excluding steroid dienone is 1. The summed E-state index contributed by atoms with van der Waals surface area (Å²) in [6, 6.07) is 5.18. The lowest BCUT2D eigenvalue weighted by atomic mass is 10.0. The molecule has 15 heavy (non-hydrogen) atoms. The minimum Gasteiger partial charge on any atom is -0.294 e. The lowest BCUT2D eigenvalue weighted by molar-refractivity contribution is 0.0991. The van der Waals surface area contributed by atoms with Crippen molar-refractivity contribution in [2.45, 2.75) is 19.8 Å². The number of hydrogen-bond acceptors (Lipinski definition) is 1. The molecular formula is C12H12BrClO. The number of ketones is 1. The van der Waals surface area contributed by atoms with Gasteiger partial charge in [0, 0.05) is 21.5 Å². The second-order valence-electron chi connectivity index (χ2n) is 3.33.